The molecule has 0 N–H and O–H groups in total. The molecule has 112 valence electrons. The van der Waals surface area contributed by atoms with Crippen LogP contribution in [0.25, 0.3) is 0 Å². The summed E-state index contributed by atoms with van der Waals surface area (Å²) in [7, 11) is 1.67. The molecule has 20 heavy (non-hydrogen) atoms. The molecule has 1 amide bonds. The minimum absolute atomic E-state index is 0.360. The summed E-state index contributed by atoms with van der Waals surface area (Å²) in [5.41, 5.74) is 0.583. The Kier molecular flexibility index (Phi) is 5.69. The van der Waals surface area contributed by atoms with E-state index >= 15 is 0 Å². The Balaban J connectivity index is 2.42. The monoisotopic (exact) mass is 299 g/mol. The van der Waals surface area contributed by atoms with Crippen molar-refractivity contribution in [1.29, 1.82) is 0 Å². The van der Waals surface area contributed by atoms with Gasteiger partial charge < -0.3 is 14.4 Å². The summed E-state index contributed by atoms with van der Waals surface area (Å²) in [5.74, 6) is 0.620. The van der Waals surface area contributed by atoms with Gasteiger partial charge in [-0.25, -0.2) is 4.79 Å². The van der Waals surface area contributed by atoms with Gasteiger partial charge >= 0.3 is 6.09 Å². The van der Waals surface area contributed by atoms with Crippen molar-refractivity contribution in [2.45, 2.75) is 33.3 Å². The highest BCUT2D eigenvalue weighted by Gasteiger charge is 2.19. The predicted octanol–water partition coefficient (Wildman–Crippen LogP) is 3.89. The Hall–Kier alpha value is -1.42. The third-order valence-corrected chi connectivity index (χ3v) is 2.77. The third-order valence-electron chi connectivity index (χ3n) is 2.48. The van der Waals surface area contributed by atoms with Crippen LogP contribution >= 0.6 is 11.6 Å². The van der Waals surface area contributed by atoms with Crippen molar-refractivity contribution in [2.24, 2.45) is 0 Å². The number of rotatable bonds is 4. The molecular formula is C15H22ClNO3. The maximum atomic E-state index is 11.7. The van der Waals surface area contributed by atoms with E-state index < -0.39 is 5.60 Å². The lowest BCUT2D eigenvalue weighted by Crippen LogP contribution is -2.36. The summed E-state index contributed by atoms with van der Waals surface area (Å²) in [5, 5.41) is 0.574. The van der Waals surface area contributed by atoms with E-state index in [0.29, 0.717) is 23.9 Å². The second-order valence-corrected chi connectivity index (χ2v) is 6.09. The van der Waals surface area contributed by atoms with Crippen LogP contribution in [0, 0.1) is 6.92 Å². The van der Waals surface area contributed by atoms with Crippen molar-refractivity contribution < 1.29 is 14.3 Å². The van der Waals surface area contributed by atoms with Crippen molar-refractivity contribution in [3.05, 3.63) is 28.8 Å². The lowest BCUT2D eigenvalue weighted by Gasteiger charge is -2.24. The number of likely N-dealkylation sites (N-methyl/N-ethyl adjacent to an activating group) is 1. The van der Waals surface area contributed by atoms with Crippen LogP contribution in [0.5, 0.6) is 5.75 Å². The second-order valence-electron chi connectivity index (χ2n) is 5.68. The smallest absolute Gasteiger partial charge is 0.410 e. The van der Waals surface area contributed by atoms with E-state index in [1.807, 2.05) is 45.9 Å². The highest BCUT2D eigenvalue weighted by Crippen LogP contribution is 2.25. The summed E-state index contributed by atoms with van der Waals surface area (Å²) >= 11 is 6.06. The topological polar surface area (TPSA) is 38.8 Å². The molecule has 0 radical (unpaired) electrons. The van der Waals surface area contributed by atoms with Crippen LogP contribution in [0.3, 0.4) is 0 Å². The molecule has 0 saturated heterocycles. The standard InChI is InChI=1S/C15H22ClNO3/c1-11-6-7-13(12(16)10-11)19-9-8-17(5)14(18)20-15(2,3)4/h6-7,10H,8-9H2,1-5H3. The van der Waals surface area contributed by atoms with Crippen LogP contribution < -0.4 is 4.74 Å². The predicted molar refractivity (Wildman–Crippen MR) is 80.5 cm³/mol. The molecule has 0 atom stereocenters. The van der Waals surface area contributed by atoms with Gasteiger partial charge in [-0.15, -0.1) is 0 Å². The van der Waals surface area contributed by atoms with E-state index in [0.717, 1.165) is 5.56 Å². The molecular weight excluding hydrogens is 278 g/mol. The van der Waals surface area contributed by atoms with Gasteiger partial charge in [-0.1, -0.05) is 17.7 Å². The highest BCUT2D eigenvalue weighted by molar-refractivity contribution is 6.32. The number of amides is 1. The summed E-state index contributed by atoms with van der Waals surface area (Å²) in [6.45, 7) is 8.26. The van der Waals surface area contributed by atoms with E-state index in [4.69, 9.17) is 21.1 Å². The number of carbonyl (C=O) groups excluding carboxylic acids is 1. The molecule has 4 nitrogen and oxygen atoms in total. The number of nitrogens with zero attached hydrogens (tertiary/aromatic N) is 1. The second kappa shape index (κ2) is 6.84. The number of hydrogen-bond donors (Lipinski definition) is 0. The van der Waals surface area contributed by atoms with Crippen molar-refractivity contribution in [3.63, 3.8) is 0 Å². The fraction of sp³-hybridized carbons (Fsp3) is 0.533. The van der Waals surface area contributed by atoms with Crippen LogP contribution in [-0.4, -0.2) is 36.8 Å². The number of aryl methyl sites for hydroxylation is 1. The van der Waals surface area contributed by atoms with Crippen LogP contribution in [0.4, 0.5) is 4.79 Å². The van der Waals surface area contributed by atoms with E-state index in [-0.39, 0.29) is 6.09 Å². The molecule has 0 aromatic heterocycles. The molecule has 5 heteroatoms. The van der Waals surface area contributed by atoms with E-state index in [2.05, 4.69) is 0 Å². The van der Waals surface area contributed by atoms with Crippen LogP contribution in [-0.2, 0) is 4.74 Å². The van der Waals surface area contributed by atoms with Gasteiger partial charge in [-0.05, 0) is 45.4 Å². The first-order valence-electron chi connectivity index (χ1n) is 6.52. The van der Waals surface area contributed by atoms with E-state index in [1.165, 1.54) is 4.90 Å². The van der Waals surface area contributed by atoms with E-state index in [1.54, 1.807) is 7.05 Å². The first-order chi connectivity index (χ1) is 9.19. The van der Waals surface area contributed by atoms with Gasteiger partial charge in [0.2, 0.25) is 0 Å². The van der Waals surface area contributed by atoms with Gasteiger partial charge in [0.05, 0.1) is 11.6 Å². The van der Waals surface area contributed by atoms with Crippen LogP contribution in [0.1, 0.15) is 26.3 Å². The Morgan fingerprint density at radius 1 is 1.35 bits per heavy atom. The van der Waals surface area contributed by atoms with E-state index in [9.17, 15) is 4.79 Å². The summed E-state index contributed by atoms with van der Waals surface area (Å²) in [4.78, 5) is 13.2. The molecule has 1 aromatic carbocycles. The molecule has 0 bridgehead atoms. The fourth-order valence-electron chi connectivity index (χ4n) is 1.45. The Morgan fingerprint density at radius 3 is 2.55 bits per heavy atom. The number of benzene rings is 1. The molecule has 1 rings (SSSR count). The highest BCUT2D eigenvalue weighted by atomic mass is 35.5. The van der Waals surface area contributed by atoms with Crippen molar-refractivity contribution >= 4 is 17.7 Å². The molecule has 0 saturated carbocycles. The molecule has 1 aromatic rings. The summed E-state index contributed by atoms with van der Waals surface area (Å²) in [6.07, 6.45) is -0.365. The fourth-order valence-corrected chi connectivity index (χ4v) is 1.74. The van der Waals surface area contributed by atoms with Crippen molar-refractivity contribution in [1.82, 2.24) is 4.90 Å². The number of hydrogen-bond acceptors (Lipinski definition) is 3. The van der Waals surface area contributed by atoms with Gasteiger partial charge in [0, 0.05) is 7.05 Å². The molecule has 0 heterocycles. The van der Waals surface area contributed by atoms with Gasteiger partial charge in [-0.3, -0.25) is 0 Å². The average molecular weight is 300 g/mol. The molecule has 0 fully saturated rings. The zero-order valence-corrected chi connectivity index (χ0v) is 13.5. The largest absolute Gasteiger partial charge is 0.490 e. The normalized spacial score (nSPS) is 11.1. The van der Waals surface area contributed by atoms with Crippen molar-refractivity contribution in [2.75, 3.05) is 20.2 Å². The first-order valence-corrected chi connectivity index (χ1v) is 6.90. The Morgan fingerprint density at radius 2 is 2.00 bits per heavy atom. The van der Waals surface area contributed by atoms with Gasteiger partial charge in [0.15, 0.2) is 0 Å². The number of halogens is 1. The Bertz CT molecular complexity index is 469. The molecule has 0 aliphatic rings. The molecule has 0 aliphatic heterocycles. The lowest BCUT2D eigenvalue weighted by atomic mass is 10.2. The average Bonchev–Trinajstić information content (AvgIpc) is 2.29. The SMILES string of the molecule is Cc1ccc(OCCN(C)C(=O)OC(C)(C)C)c(Cl)c1. The zero-order valence-electron chi connectivity index (χ0n) is 12.7. The molecule has 0 spiro atoms. The van der Waals surface area contributed by atoms with Gasteiger partial charge in [-0.2, -0.15) is 0 Å². The minimum Gasteiger partial charge on any atom is -0.490 e. The molecule has 0 aliphatic carbocycles. The number of carbonyl (C=O) groups is 1. The quantitative estimate of drug-likeness (QED) is 0.846. The first kappa shape index (κ1) is 16.6. The molecule has 0 unspecified atom stereocenters. The third kappa shape index (κ3) is 5.70. The summed E-state index contributed by atoms with van der Waals surface area (Å²) < 4.78 is 10.8. The van der Waals surface area contributed by atoms with Gasteiger partial charge in [0.25, 0.3) is 0 Å². The maximum Gasteiger partial charge on any atom is 0.410 e. The zero-order chi connectivity index (χ0) is 15.3. The number of ether oxygens (including phenoxy) is 2. The summed E-state index contributed by atoms with van der Waals surface area (Å²) in [6, 6.07) is 5.60. The van der Waals surface area contributed by atoms with Crippen molar-refractivity contribution in [3.8, 4) is 5.75 Å². The Labute approximate surface area is 125 Å². The van der Waals surface area contributed by atoms with Gasteiger partial charge in [0.1, 0.15) is 18.0 Å². The maximum absolute atomic E-state index is 11.7. The minimum atomic E-state index is -0.494. The van der Waals surface area contributed by atoms with Crippen LogP contribution in [0.2, 0.25) is 5.02 Å². The van der Waals surface area contributed by atoms with Crippen LogP contribution in [0.15, 0.2) is 18.2 Å². The lowest BCUT2D eigenvalue weighted by molar-refractivity contribution is 0.0278.